The summed E-state index contributed by atoms with van der Waals surface area (Å²) in [5.74, 6) is 2.13. The lowest BCUT2D eigenvalue weighted by Gasteiger charge is -2.24. The minimum absolute atomic E-state index is 0.421. The predicted molar refractivity (Wildman–Crippen MR) is 154 cm³/mol. The van der Waals surface area contributed by atoms with Gasteiger partial charge in [0.25, 0.3) is 0 Å². The first-order chi connectivity index (χ1) is 18.8. The van der Waals surface area contributed by atoms with E-state index in [9.17, 15) is 0 Å². The molecule has 38 heavy (non-hydrogen) atoms. The van der Waals surface area contributed by atoms with E-state index in [1.807, 2.05) is 18.2 Å². The highest BCUT2D eigenvalue weighted by Gasteiger charge is 2.16. The lowest BCUT2D eigenvalue weighted by molar-refractivity contribution is 0.371. The summed E-state index contributed by atoms with van der Waals surface area (Å²) in [5.41, 5.74) is 1.92. The van der Waals surface area contributed by atoms with E-state index in [2.05, 4.69) is 37.6 Å². The van der Waals surface area contributed by atoms with Gasteiger partial charge in [0.05, 0.1) is 17.8 Å². The van der Waals surface area contributed by atoms with Crippen LogP contribution in [-0.4, -0.2) is 59.8 Å². The van der Waals surface area contributed by atoms with Gasteiger partial charge in [-0.15, -0.1) is 0 Å². The molecule has 5 rings (SSSR count). The maximum absolute atomic E-state index is 5.71. The molecule has 206 valence electrons. The summed E-state index contributed by atoms with van der Waals surface area (Å²) in [4.78, 5) is 14.2. The van der Waals surface area contributed by atoms with E-state index in [4.69, 9.17) is 14.4 Å². The fourth-order valence-electron chi connectivity index (χ4n) is 5.47. The number of oxazole rings is 1. The van der Waals surface area contributed by atoms with Gasteiger partial charge in [0.15, 0.2) is 0 Å². The number of hydrogen-bond donors (Lipinski definition) is 5. The third kappa shape index (κ3) is 8.12. The summed E-state index contributed by atoms with van der Waals surface area (Å²) >= 11 is 0. The van der Waals surface area contributed by atoms with Crippen molar-refractivity contribution in [2.45, 2.75) is 82.8 Å². The van der Waals surface area contributed by atoms with Crippen LogP contribution >= 0.6 is 0 Å². The Bertz CT molecular complexity index is 1110. The first-order valence-electron chi connectivity index (χ1n) is 14.7. The number of piperidine rings is 1. The average Bonchev–Trinajstić information content (AvgIpc) is 3.42. The van der Waals surface area contributed by atoms with Gasteiger partial charge in [0, 0.05) is 17.5 Å². The molecule has 0 amide bonds. The first kappa shape index (κ1) is 26.8. The number of rotatable bonds is 14. The lowest BCUT2D eigenvalue weighted by Crippen LogP contribution is -2.35. The third-order valence-electron chi connectivity index (χ3n) is 7.64. The minimum atomic E-state index is 0.421. The molecule has 3 heterocycles. The van der Waals surface area contributed by atoms with Crippen molar-refractivity contribution in [3.05, 3.63) is 42.1 Å². The van der Waals surface area contributed by atoms with Crippen LogP contribution in [0.2, 0.25) is 0 Å². The molecular weight excluding hydrogens is 476 g/mol. The van der Waals surface area contributed by atoms with Crippen molar-refractivity contribution in [1.82, 2.24) is 30.9 Å². The maximum atomic E-state index is 5.71. The van der Waals surface area contributed by atoms with Crippen LogP contribution in [0.1, 0.15) is 69.4 Å². The molecule has 0 spiro atoms. The van der Waals surface area contributed by atoms with Gasteiger partial charge >= 0.3 is 0 Å². The fraction of sp³-hybridized carbons (Fsp3) is 0.621. The van der Waals surface area contributed by atoms with E-state index in [0.717, 1.165) is 86.9 Å². The highest BCUT2D eigenvalue weighted by atomic mass is 16.3. The molecule has 1 aliphatic heterocycles. The zero-order valence-corrected chi connectivity index (χ0v) is 22.6. The molecule has 0 radical (unpaired) electrons. The minimum Gasteiger partial charge on any atom is -0.447 e. The van der Waals surface area contributed by atoms with E-state index in [1.165, 1.54) is 38.5 Å². The van der Waals surface area contributed by atoms with Crippen molar-refractivity contribution in [3.63, 3.8) is 0 Å². The number of hydrogen-bond acceptors (Lipinski definition) is 9. The molecule has 0 bridgehead atoms. The quantitative estimate of drug-likeness (QED) is 0.199. The number of nitrogens with zero attached hydrogens (tertiary/aromatic N) is 3. The van der Waals surface area contributed by atoms with E-state index < -0.39 is 0 Å². The van der Waals surface area contributed by atoms with Crippen LogP contribution in [0.15, 0.2) is 34.9 Å². The van der Waals surface area contributed by atoms with Crippen molar-refractivity contribution in [1.29, 1.82) is 0 Å². The Morgan fingerprint density at radius 1 is 0.868 bits per heavy atom. The molecular formula is C29H44N8O. The second-order valence-electron chi connectivity index (χ2n) is 10.7. The number of nitrogens with one attached hydrogen (secondary N) is 5. The van der Waals surface area contributed by atoms with E-state index >= 15 is 0 Å². The van der Waals surface area contributed by atoms with Crippen LogP contribution in [0.25, 0.3) is 10.9 Å². The Labute approximate surface area is 226 Å². The molecule has 1 aliphatic carbocycles. The molecule has 2 aromatic heterocycles. The highest BCUT2D eigenvalue weighted by molar-refractivity contribution is 5.90. The van der Waals surface area contributed by atoms with E-state index in [-0.39, 0.29) is 0 Å². The second kappa shape index (κ2) is 14.4. The van der Waals surface area contributed by atoms with Crippen molar-refractivity contribution >= 4 is 22.7 Å². The number of aryl methyl sites for hydroxylation is 1. The predicted octanol–water partition coefficient (Wildman–Crippen LogP) is 4.23. The van der Waals surface area contributed by atoms with Gasteiger partial charge in [-0.3, -0.25) is 0 Å². The Balaban J connectivity index is 1.03. The Kier molecular flexibility index (Phi) is 10.2. The zero-order valence-electron chi connectivity index (χ0n) is 22.6. The van der Waals surface area contributed by atoms with E-state index in [0.29, 0.717) is 24.4 Å². The van der Waals surface area contributed by atoms with Gasteiger partial charge in [-0.2, -0.15) is 4.98 Å². The summed E-state index contributed by atoms with van der Waals surface area (Å²) in [6.07, 6.45) is 14.0. The lowest BCUT2D eigenvalue weighted by atomic mass is 9.95. The fourth-order valence-corrected chi connectivity index (χ4v) is 5.47. The van der Waals surface area contributed by atoms with Gasteiger partial charge < -0.3 is 31.0 Å². The number of benzene rings is 1. The van der Waals surface area contributed by atoms with Crippen LogP contribution < -0.4 is 26.6 Å². The summed E-state index contributed by atoms with van der Waals surface area (Å²) in [6.45, 7) is 5.71. The first-order valence-corrected chi connectivity index (χ1v) is 14.7. The molecule has 9 nitrogen and oxygen atoms in total. The summed E-state index contributed by atoms with van der Waals surface area (Å²) < 4.78 is 5.71. The maximum Gasteiger partial charge on any atom is 0.225 e. The third-order valence-corrected chi connectivity index (χ3v) is 7.64. The van der Waals surface area contributed by atoms with Crippen LogP contribution in [-0.2, 0) is 13.0 Å². The standard InChI is InChI=1S/C29H44N8O/c1-2-8-22(9-3-1)32-17-7-16-30-15-6-10-24-21-38-27(34-24)20-33-29-36-26-12-5-4-11-25(26)28(37-29)35-23-13-18-31-19-14-23/h4-5,11-12,21-23,30-32H,1-3,6-10,13-20H2,(H2,33,35,36,37). The number of anilines is 2. The molecule has 0 atom stereocenters. The zero-order chi connectivity index (χ0) is 25.8. The van der Waals surface area contributed by atoms with E-state index in [1.54, 1.807) is 6.26 Å². The smallest absolute Gasteiger partial charge is 0.225 e. The van der Waals surface area contributed by atoms with Gasteiger partial charge in [-0.25, -0.2) is 9.97 Å². The van der Waals surface area contributed by atoms with Gasteiger partial charge in [0.1, 0.15) is 12.1 Å². The number of para-hydroxylation sites is 1. The highest BCUT2D eigenvalue weighted by Crippen LogP contribution is 2.24. The van der Waals surface area contributed by atoms with Crippen molar-refractivity contribution in [3.8, 4) is 0 Å². The van der Waals surface area contributed by atoms with Crippen LogP contribution in [0.5, 0.6) is 0 Å². The Morgan fingerprint density at radius 3 is 2.61 bits per heavy atom. The number of aromatic nitrogens is 3. The molecule has 9 heteroatoms. The Morgan fingerprint density at radius 2 is 1.71 bits per heavy atom. The van der Waals surface area contributed by atoms with Crippen LogP contribution in [0.4, 0.5) is 11.8 Å². The normalized spacial score (nSPS) is 17.2. The molecule has 2 fully saturated rings. The van der Waals surface area contributed by atoms with Crippen LogP contribution in [0, 0.1) is 0 Å². The molecule has 1 saturated carbocycles. The van der Waals surface area contributed by atoms with Crippen molar-refractivity contribution in [2.75, 3.05) is 43.4 Å². The van der Waals surface area contributed by atoms with Gasteiger partial charge in [-0.05, 0) is 89.8 Å². The topological polar surface area (TPSA) is 112 Å². The Hall–Kier alpha value is -2.75. The van der Waals surface area contributed by atoms with Gasteiger partial charge in [0.2, 0.25) is 11.8 Å². The molecule has 1 aromatic carbocycles. The molecule has 0 unspecified atom stereocenters. The monoisotopic (exact) mass is 520 g/mol. The number of fused-ring (bicyclic) bond motifs is 1. The molecule has 5 N–H and O–H groups in total. The van der Waals surface area contributed by atoms with Crippen LogP contribution in [0.3, 0.4) is 0 Å². The average molecular weight is 521 g/mol. The second-order valence-corrected chi connectivity index (χ2v) is 10.7. The SMILES string of the molecule is c1ccc2c(NC3CCNCC3)nc(NCc3nc(CCCNCCCNC4CCCCC4)co3)nc2c1. The molecule has 1 saturated heterocycles. The summed E-state index contributed by atoms with van der Waals surface area (Å²) in [6, 6.07) is 9.32. The molecule has 3 aromatic rings. The van der Waals surface area contributed by atoms with Gasteiger partial charge in [-0.1, -0.05) is 31.4 Å². The van der Waals surface area contributed by atoms with Crippen molar-refractivity contribution < 1.29 is 4.42 Å². The van der Waals surface area contributed by atoms with Crippen molar-refractivity contribution in [2.24, 2.45) is 0 Å². The summed E-state index contributed by atoms with van der Waals surface area (Å²) in [7, 11) is 0. The molecule has 2 aliphatic rings. The largest absolute Gasteiger partial charge is 0.447 e. The summed E-state index contributed by atoms with van der Waals surface area (Å²) in [5, 5.41) is 18.7.